The van der Waals surface area contributed by atoms with Crippen molar-refractivity contribution in [3.05, 3.63) is 60.2 Å². The molecule has 6 N–H and O–H groups in total. The van der Waals surface area contributed by atoms with E-state index in [4.69, 9.17) is 5.11 Å². The van der Waals surface area contributed by atoms with Gasteiger partial charge in [0.05, 0.1) is 6.54 Å². The Bertz CT molecular complexity index is 525. The fourth-order valence-corrected chi connectivity index (χ4v) is 1.38. The highest BCUT2D eigenvalue weighted by Crippen LogP contribution is 2.18. The standard InChI is InChI=1S/C13H10O.C2H5NO2.H3N/c14-10-11-6-8-13(9-7-11)12-4-2-1-3-5-12;3-1-2(4)5;/h1-10H;1,3H2,(H,4,5);1H3. The number of aldehydes is 1. The van der Waals surface area contributed by atoms with Gasteiger partial charge in [-0.3, -0.25) is 9.59 Å². The van der Waals surface area contributed by atoms with E-state index >= 15 is 0 Å². The number of hydrogen-bond donors (Lipinski definition) is 3. The van der Waals surface area contributed by atoms with Crippen molar-refractivity contribution in [3.8, 4) is 11.1 Å². The van der Waals surface area contributed by atoms with Crippen molar-refractivity contribution < 1.29 is 14.7 Å². The summed E-state index contributed by atoms with van der Waals surface area (Å²) in [6.07, 6.45) is 0.856. The minimum absolute atomic E-state index is 0. The van der Waals surface area contributed by atoms with Crippen LogP contribution in [0.25, 0.3) is 11.1 Å². The smallest absolute Gasteiger partial charge is 0.317 e. The van der Waals surface area contributed by atoms with Gasteiger partial charge in [-0.1, -0.05) is 54.6 Å². The molecule has 2 rings (SSSR count). The largest absolute Gasteiger partial charge is 0.480 e. The average Bonchev–Trinajstić information content (AvgIpc) is 2.49. The Morgan fingerprint density at radius 1 is 1.00 bits per heavy atom. The molecule has 20 heavy (non-hydrogen) atoms. The highest BCUT2D eigenvalue weighted by molar-refractivity contribution is 5.76. The van der Waals surface area contributed by atoms with Gasteiger partial charge in [0.15, 0.2) is 0 Å². The second kappa shape index (κ2) is 9.43. The van der Waals surface area contributed by atoms with Gasteiger partial charge in [-0.05, 0) is 11.1 Å². The molecule has 0 saturated carbocycles. The van der Waals surface area contributed by atoms with E-state index in [-0.39, 0.29) is 12.7 Å². The summed E-state index contributed by atoms with van der Waals surface area (Å²) in [5.41, 5.74) is 7.59. The van der Waals surface area contributed by atoms with E-state index in [1.165, 1.54) is 5.56 Å². The van der Waals surface area contributed by atoms with Crippen molar-refractivity contribution in [1.82, 2.24) is 6.15 Å². The number of carboxylic acid groups (broad SMARTS) is 1. The van der Waals surface area contributed by atoms with Crippen LogP contribution in [0.5, 0.6) is 0 Å². The summed E-state index contributed by atoms with van der Waals surface area (Å²) in [5, 5.41) is 7.60. The zero-order valence-corrected chi connectivity index (χ0v) is 11.0. The summed E-state index contributed by atoms with van der Waals surface area (Å²) in [5.74, 6) is -0.968. The van der Waals surface area contributed by atoms with Crippen LogP contribution in [0.15, 0.2) is 54.6 Å². The molecule has 0 aromatic heterocycles. The quantitative estimate of drug-likeness (QED) is 0.743. The number of aliphatic carboxylic acids is 1. The van der Waals surface area contributed by atoms with E-state index in [2.05, 4.69) is 17.9 Å². The van der Waals surface area contributed by atoms with Crippen LogP contribution in [0.3, 0.4) is 0 Å². The van der Waals surface area contributed by atoms with Crippen LogP contribution in [0, 0.1) is 0 Å². The maximum Gasteiger partial charge on any atom is 0.317 e. The molecule has 0 spiro atoms. The molecule has 0 amide bonds. The first-order valence-corrected chi connectivity index (χ1v) is 5.70. The predicted octanol–water partition coefficient (Wildman–Crippen LogP) is 2.36. The highest BCUT2D eigenvalue weighted by Gasteiger charge is 1.95. The van der Waals surface area contributed by atoms with Gasteiger partial charge >= 0.3 is 5.97 Å². The van der Waals surface area contributed by atoms with Crippen molar-refractivity contribution in [2.45, 2.75) is 0 Å². The molecular formula is C15H18N2O3. The molecule has 0 unspecified atom stereocenters. The lowest BCUT2D eigenvalue weighted by Crippen LogP contribution is -2.10. The van der Waals surface area contributed by atoms with Gasteiger partial charge in [0.25, 0.3) is 0 Å². The number of carbonyl (C=O) groups is 2. The van der Waals surface area contributed by atoms with Crippen molar-refractivity contribution >= 4 is 12.3 Å². The Balaban J connectivity index is 0.000000526. The summed E-state index contributed by atoms with van der Waals surface area (Å²) in [6, 6.07) is 17.7. The van der Waals surface area contributed by atoms with Crippen LogP contribution in [-0.4, -0.2) is 23.9 Å². The van der Waals surface area contributed by atoms with E-state index in [0.717, 1.165) is 11.8 Å². The summed E-state index contributed by atoms with van der Waals surface area (Å²) in [4.78, 5) is 19.7. The zero-order valence-electron chi connectivity index (χ0n) is 11.0. The van der Waals surface area contributed by atoms with Crippen molar-refractivity contribution in [3.63, 3.8) is 0 Å². The molecule has 0 radical (unpaired) electrons. The van der Waals surface area contributed by atoms with Gasteiger partial charge in [-0.15, -0.1) is 0 Å². The highest BCUT2D eigenvalue weighted by atomic mass is 16.4. The third-order valence-corrected chi connectivity index (χ3v) is 2.33. The van der Waals surface area contributed by atoms with E-state index in [1.807, 2.05) is 42.5 Å². The van der Waals surface area contributed by atoms with Crippen molar-refractivity contribution in [2.75, 3.05) is 6.54 Å². The number of nitrogens with two attached hydrogens (primary N) is 1. The lowest BCUT2D eigenvalue weighted by Gasteiger charge is -2.00. The number of benzene rings is 2. The van der Waals surface area contributed by atoms with Crippen LogP contribution in [0.4, 0.5) is 0 Å². The van der Waals surface area contributed by atoms with Gasteiger partial charge in [0.2, 0.25) is 0 Å². The summed E-state index contributed by atoms with van der Waals surface area (Å²) < 4.78 is 0. The van der Waals surface area contributed by atoms with Crippen LogP contribution in [0.1, 0.15) is 10.4 Å². The molecule has 0 aliphatic rings. The summed E-state index contributed by atoms with van der Waals surface area (Å²) in [6.45, 7) is -0.278. The van der Waals surface area contributed by atoms with E-state index < -0.39 is 5.97 Å². The third-order valence-electron chi connectivity index (χ3n) is 2.33. The number of carbonyl (C=O) groups excluding carboxylic acids is 1. The lowest BCUT2D eigenvalue weighted by atomic mass is 10.0. The molecular weight excluding hydrogens is 256 g/mol. The second-order valence-corrected chi connectivity index (χ2v) is 3.70. The monoisotopic (exact) mass is 274 g/mol. The van der Waals surface area contributed by atoms with Crippen LogP contribution < -0.4 is 11.9 Å². The minimum Gasteiger partial charge on any atom is -0.480 e. The van der Waals surface area contributed by atoms with Crippen LogP contribution >= 0.6 is 0 Å². The van der Waals surface area contributed by atoms with Gasteiger partial charge in [-0.2, -0.15) is 0 Å². The molecule has 2 aromatic carbocycles. The second-order valence-electron chi connectivity index (χ2n) is 3.70. The van der Waals surface area contributed by atoms with Gasteiger partial charge < -0.3 is 17.0 Å². The lowest BCUT2D eigenvalue weighted by molar-refractivity contribution is -0.135. The Labute approximate surface area is 117 Å². The fraction of sp³-hybridized carbons (Fsp3) is 0.0667. The Hall–Kier alpha value is -2.50. The third kappa shape index (κ3) is 5.90. The van der Waals surface area contributed by atoms with E-state index in [0.29, 0.717) is 5.56 Å². The first kappa shape index (κ1) is 17.5. The maximum atomic E-state index is 10.5. The van der Waals surface area contributed by atoms with Gasteiger partial charge in [0, 0.05) is 5.56 Å². The van der Waals surface area contributed by atoms with E-state index in [9.17, 15) is 9.59 Å². The number of carboxylic acids is 1. The average molecular weight is 274 g/mol. The molecule has 106 valence electrons. The topological polar surface area (TPSA) is 115 Å². The number of hydrogen-bond acceptors (Lipinski definition) is 4. The minimum atomic E-state index is -0.968. The summed E-state index contributed by atoms with van der Waals surface area (Å²) in [7, 11) is 0. The van der Waals surface area contributed by atoms with Crippen LogP contribution in [-0.2, 0) is 4.79 Å². The molecule has 0 heterocycles. The molecule has 0 atom stereocenters. The SMILES string of the molecule is N.NCC(=O)O.O=Cc1ccc(-c2ccccc2)cc1. The molecule has 5 heteroatoms. The molecule has 2 aromatic rings. The summed E-state index contributed by atoms with van der Waals surface area (Å²) >= 11 is 0. The van der Waals surface area contributed by atoms with Gasteiger partial charge in [0.1, 0.15) is 6.29 Å². The van der Waals surface area contributed by atoms with Crippen molar-refractivity contribution in [2.24, 2.45) is 5.73 Å². The predicted molar refractivity (Wildman–Crippen MR) is 79.0 cm³/mol. The normalized spacial score (nSPS) is 8.65. The molecule has 0 aliphatic heterocycles. The Morgan fingerprint density at radius 3 is 1.85 bits per heavy atom. The van der Waals surface area contributed by atoms with Crippen LogP contribution in [0.2, 0.25) is 0 Å². The van der Waals surface area contributed by atoms with Gasteiger partial charge in [-0.25, -0.2) is 0 Å². The Morgan fingerprint density at radius 2 is 1.45 bits per heavy atom. The van der Waals surface area contributed by atoms with E-state index in [1.54, 1.807) is 0 Å². The zero-order chi connectivity index (χ0) is 14.1. The molecule has 0 saturated heterocycles. The maximum absolute atomic E-state index is 10.5. The molecule has 5 nitrogen and oxygen atoms in total. The number of rotatable bonds is 3. The first-order valence-electron chi connectivity index (χ1n) is 5.70. The van der Waals surface area contributed by atoms with Crippen molar-refractivity contribution in [1.29, 1.82) is 0 Å². The first-order chi connectivity index (χ1) is 9.17. The Kier molecular flexibility index (Phi) is 8.25. The molecule has 0 fully saturated rings. The fourth-order valence-electron chi connectivity index (χ4n) is 1.38. The molecule has 0 aliphatic carbocycles. The molecule has 0 bridgehead atoms.